The number of aromatic nitrogens is 4. The van der Waals surface area contributed by atoms with Crippen LogP contribution in [-0.2, 0) is 10.3 Å². The zero-order valence-electron chi connectivity index (χ0n) is 23.8. The van der Waals surface area contributed by atoms with Gasteiger partial charge in [0.25, 0.3) is 0 Å². The smallest absolute Gasteiger partial charge is 0.388 e. The van der Waals surface area contributed by atoms with Crippen LogP contribution in [0.5, 0.6) is 5.88 Å². The van der Waals surface area contributed by atoms with Gasteiger partial charge in [-0.25, -0.2) is 14.6 Å². The second-order valence-electron chi connectivity index (χ2n) is 10.5. The first kappa shape index (κ1) is 27.7. The van der Waals surface area contributed by atoms with Crippen molar-refractivity contribution in [3.8, 4) is 17.1 Å². The molecule has 0 unspecified atom stereocenters. The number of hydrogen-bond acceptors (Lipinski definition) is 6. The lowest BCUT2D eigenvalue weighted by Gasteiger charge is -2.37. The van der Waals surface area contributed by atoms with E-state index in [0.717, 1.165) is 41.2 Å². The number of pyridine rings is 2. The first-order chi connectivity index (χ1) is 21.6. The number of nitrogens with zero attached hydrogens (tertiary/aromatic N) is 5. The second kappa shape index (κ2) is 11.9. The molecular formula is C35H29F2N5O2. The Kier molecular flexibility index (Phi) is 7.45. The Morgan fingerprint density at radius 3 is 1.91 bits per heavy atom. The molecule has 3 aromatic heterocycles. The van der Waals surface area contributed by atoms with Crippen molar-refractivity contribution in [1.29, 1.82) is 0 Å². The highest BCUT2D eigenvalue weighted by Crippen LogP contribution is 2.44. The van der Waals surface area contributed by atoms with Crippen molar-refractivity contribution < 1.29 is 18.3 Å². The molecule has 0 saturated carbocycles. The van der Waals surface area contributed by atoms with Gasteiger partial charge in [0.05, 0.1) is 24.9 Å². The Morgan fingerprint density at radius 1 is 0.750 bits per heavy atom. The largest absolute Gasteiger partial charge is 0.417 e. The van der Waals surface area contributed by atoms with E-state index >= 15 is 0 Å². The highest BCUT2D eigenvalue weighted by molar-refractivity contribution is 5.94. The van der Waals surface area contributed by atoms with Crippen molar-refractivity contribution in [3.05, 3.63) is 138 Å². The Labute approximate surface area is 253 Å². The molecule has 1 saturated heterocycles. The van der Waals surface area contributed by atoms with Gasteiger partial charge in [-0.05, 0) is 28.8 Å². The molecule has 6 aromatic rings. The van der Waals surface area contributed by atoms with Crippen LogP contribution in [0.25, 0.3) is 22.2 Å². The van der Waals surface area contributed by atoms with Crippen LogP contribution in [0.15, 0.2) is 122 Å². The third-order valence-corrected chi connectivity index (χ3v) is 8.00. The van der Waals surface area contributed by atoms with Crippen LogP contribution in [-0.4, -0.2) is 52.7 Å². The molecule has 1 fully saturated rings. The lowest BCUT2D eigenvalue weighted by Crippen LogP contribution is -2.38. The Balaban J connectivity index is 1.55. The molecule has 0 aliphatic carbocycles. The van der Waals surface area contributed by atoms with Crippen LogP contribution in [0, 0.1) is 0 Å². The van der Waals surface area contributed by atoms with Crippen molar-refractivity contribution in [2.24, 2.45) is 0 Å². The third-order valence-electron chi connectivity index (χ3n) is 8.00. The van der Waals surface area contributed by atoms with E-state index in [1.54, 1.807) is 18.5 Å². The van der Waals surface area contributed by atoms with Crippen molar-refractivity contribution in [3.63, 3.8) is 0 Å². The van der Waals surface area contributed by atoms with Crippen molar-refractivity contribution >= 4 is 16.7 Å². The molecule has 4 heterocycles. The number of alkyl halides is 2. The number of anilines is 1. The van der Waals surface area contributed by atoms with Gasteiger partial charge in [0.2, 0.25) is 5.88 Å². The molecule has 7 rings (SSSR count). The van der Waals surface area contributed by atoms with Gasteiger partial charge >= 0.3 is 6.61 Å². The number of fused-ring (bicyclic) bond motifs is 1. The summed E-state index contributed by atoms with van der Waals surface area (Å²) >= 11 is 0. The van der Waals surface area contributed by atoms with E-state index in [9.17, 15) is 8.78 Å². The molecule has 3 aromatic carbocycles. The molecular weight excluding hydrogens is 560 g/mol. The third kappa shape index (κ3) is 4.95. The molecule has 1 aliphatic rings. The highest BCUT2D eigenvalue weighted by Gasteiger charge is 2.41. The fraction of sp³-hybridized carbons (Fsp3) is 0.171. The molecule has 44 heavy (non-hydrogen) atoms. The number of ether oxygens (including phenoxy) is 2. The maximum absolute atomic E-state index is 13.4. The van der Waals surface area contributed by atoms with Gasteiger partial charge in [-0.2, -0.15) is 13.9 Å². The van der Waals surface area contributed by atoms with Crippen LogP contribution in [0.2, 0.25) is 0 Å². The quantitative estimate of drug-likeness (QED) is 0.183. The van der Waals surface area contributed by atoms with E-state index in [1.165, 1.54) is 0 Å². The van der Waals surface area contributed by atoms with Gasteiger partial charge in [0.1, 0.15) is 17.1 Å². The van der Waals surface area contributed by atoms with Crippen LogP contribution < -0.4 is 9.64 Å². The number of morpholine rings is 1. The van der Waals surface area contributed by atoms with Crippen molar-refractivity contribution in [2.45, 2.75) is 12.2 Å². The molecule has 1 aliphatic heterocycles. The fourth-order valence-electron chi connectivity index (χ4n) is 6.06. The molecule has 7 nitrogen and oxygen atoms in total. The van der Waals surface area contributed by atoms with Crippen LogP contribution >= 0.6 is 0 Å². The van der Waals surface area contributed by atoms with E-state index in [2.05, 4.69) is 51.3 Å². The first-order valence-electron chi connectivity index (χ1n) is 14.4. The molecule has 0 atom stereocenters. The fourth-order valence-corrected chi connectivity index (χ4v) is 6.06. The molecule has 0 N–H and O–H groups in total. The molecule has 0 bridgehead atoms. The summed E-state index contributed by atoms with van der Waals surface area (Å²) in [5.41, 5.74) is 4.05. The monoisotopic (exact) mass is 589 g/mol. The second-order valence-corrected chi connectivity index (χ2v) is 10.5. The summed E-state index contributed by atoms with van der Waals surface area (Å²) in [5, 5.41) is 5.96. The summed E-state index contributed by atoms with van der Waals surface area (Å²) < 4.78 is 39.0. The standard InChI is InChI=1S/C35H29F2N5O2/c36-34(37)44-32-23-29-30(24-39-32)42(40-33(29)25-16-17-38-31(22-25)41-18-20-43-21-19-41)35(26-10-4-1-5-11-26,27-12-6-2-7-13-27)28-14-8-3-9-15-28/h1-17,22-24,34H,18-21H2. The van der Waals surface area contributed by atoms with Gasteiger partial charge in [0.15, 0.2) is 0 Å². The normalized spacial score (nSPS) is 13.8. The maximum Gasteiger partial charge on any atom is 0.388 e. The zero-order valence-corrected chi connectivity index (χ0v) is 23.8. The summed E-state index contributed by atoms with van der Waals surface area (Å²) in [5.74, 6) is 0.618. The summed E-state index contributed by atoms with van der Waals surface area (Å²) in [6.45, 7) is -0.319. The van der Waals surface area contributed by atoms with E-state index in [-0.39, 0.29) is 5.88 Å². The lowest BCUT2D eigenvalue weighted by atomic mass is 9.77. The minimum absolute atomic E-state index is 0.180. The number of rotatable bonds is 8. The molecule has 0 radical (unpaired) electrons. The van der Waals surface area contributed by atoms with Crippen LogP contribution in [0.1, 0.15) is 16.7 Å². The Hall–Kier alpha value is -5.15. The summed E-state index contributed by atoms with van der Waals surface area (Å²) in [6, 6.07) is 35.9. The predicted molar refractivity (Wildman–Crippen MR) is 165 cm³/mol. The van der Waals surface area contributed by atoms with E-state index in [0.29, 0.717) is 29.8 Å². The van der Waals surface area contributed by atoms with Gasteiger partial charge < -0.3 is 14.4 Å². The lowest BCUT2D eigenvalue weighted by molar-refractivity contribution is -0.0527. The molecule has 0 spiro atoms. The van der Waals surface area contributed by atoms with Gasteiger partial charge in [-0.1, -0.05) is 91.0 Å². The van der Waals surface area contributed by atoms with Gasteiger partial charge in [0, 0.05) is 36.3 Å². The van der Waals surface area contributed by atoms with Crippen molar-refractivity contribution in [2.75, 3.05) is 31.2 Å². The van der Waals surface area contributed by atoms with Gasteiger partial charge in [-0.3, -0.25) is 0 Å². The Morgan fingerprint density at radius 2 is 1.34 bits per heavy atom. The first-order valence-corrected chi connectivity index (χ1v) is 14.4. The van der Waals surface area contributed by atoms with E-state index < -0.39 is 12.2 Å². The molecule has 220 valence electrons. The number of hydrogen-bond donors (Lipinski definition) is 0. The summed E-state index contributed by atoms with van der Waals surface area (Å²) in [7, 11) is 0. The number of halogens is 2. The molecule has 9 heteroatoms. The maximum atomic E-state index is 13.4. The minimum Gasteiger partial charge on any atom is -0.417 e. The van der Waals surface area contributed by atoms with E-state index in [1.807, 2.05) is 71.4 Å². The average molecular weight is 590 g/mol. The number of benzene rings is 3. The SMILES string of the molecule is FC(F)Oc1cc2c(-c3ccnc(N4CCOCC4)c3)nn(C(c3ccccc3)(c3ccccc3)c3ccccc3)c2cn1. The van der Waals surface area contributed by atoms with Crippen LogP contribution in [0.4, 0.5) is 14.6 Å². The summed E-state index contributed by atoms with van der Waals surface area (Å²) in [6.07, 6.45) is 3.32. The highest BCUT2D eigenvalue weighted by atomic mass is 19.3. The minimum atomic E-state index is -3.01. The topological polar surface area (TPSA) is 65.3 Å². The zero-order chi connectivity index (χ0) is 29.9. The van der Waals surface area contributed by atoms with E-state index in [4.69, 9.17) is 14.6 Å². The Bertz CT molecular complexity index is 1760. The van der Waals surface area contributed by atoms with Crippen LogP contribution in [0.3, 0.4) is 0 Å². The molecule has 0 amide bonds. The van der Waals surface area contributed by atoms with Gasteiger partial charge in [-0.15, -0.1) is 0 Å². The predicted octanol–water partition coefficient (Wildman–Crippen LogP) is 6.77. The summed E-state index contributed by atoms with van der Waals surface area (Å²) in [4.78, 5) is 11.1. The average Bonchev–Trinajstić information content (AvgIpc) is 3.46. The van der Waals surface area contributed by atoms with Crippen molar-refractivity contribution in [1.82, 2.24) is 19.7 Å².